The van der Waals surface area contributed by atoms with Gasteiger partial charge in [-0.2, -0.15) is 15.1 Å². The minimum absolute atomic E-state index is 0.587. The zero-order valence-corrected chi connectivity index (χ0v) is 16.4. The van der Waals surface area contributed by atoms with Crippen molar-refractivity contribution >= 4 is 28.5 Å². The van der Waals surface area contributed by atoms with E-state index >= 15 is 0 Å². The second-order valence-corrected chi connectivity index (χ2v) is 6.21. The second-order valence-electron chi connectivity index (χ2n) is 6.21. The second kappa shape index (κ2) is 8.68. The van der Waals surface area contributed by atoms with E-state index in [2.05, 4.69) is 44.4 Å². The normalized spacial score (nSPS) is 11.1. The van der Waals surface area contributed by atoms with Gasteiger partial charge in [0.15, 0.2) is 5.65 Å². The number of aryl methyl sites for hydroxylation is 1. The molecule has 0 atom stereocenters. The molecule has 2 heterocycles. The Bertz CT molecular complexity index is 889. The van der Waals surface area contributed by atoms with E-state index in [0.717, 1.165) is 48.6 Å². The zero-order chi connectivity index (χ0) is 19.2. The first kappa shape index (κ1) is 18.9. The Kier molecular flexibility index (Phi) is 6.08. The molecule has 0 fully saturated rings. The summed E-state index contributed by atoms with van der Waals surface area (Å²) >= 11 is 0. The molecule has 0 aliphatic carbocycles. The van der Waals surface area contributed by atoms with E-state index in [0.29, 0.717) is 11.8 Å². The Morgan fingerprint density at radius 3 is 2.74 bits per heavy atom. The van der Waals surface area contributed by atoms with Crippen LogP contribution < -0.4 is 15.4 Å². The Hall–Kier alpha value is -2.87. The summed E-state index contributed by atoms with van der Waals surface area (Å²) in [6.07, 6.45) is 1.78. The van der Waals surface area contributed by atoms with Gasteiger partial charge in [-0.05, 0) is 25.2 Å². The number of nitrogens with zero attached hydrogens (tertiary/aromatic N) is 5. The predicted molar refractivity (Wildman–Crippen MR) is 109 cm³/mol. The van der Waals surface area contributed by atoms with Gasteiger partial charge in [0, 0.05) is 31.9 Å². The van der Waals surface area contributed by atoms with E-state index in [4.69, 9.17) is 4.74 Å². The number of likely N-dealkylation sites (N-methyl/N-ethyl adjacent to an activating group) is 1. The summed E-state index contributed by atoms with van der Waals surface area (Å²) in [5.74, 6) is 2.09. The fourth-order valence-corrected chi connectivity index (χ4v) is 2.90. The van der Waals surface area contributed by atoms with Crippen molar-refractivity contribution in [2.45, 2.75) is 13.8 Å². The van der Waals surface area contributed by atoms with Gasteiger partial charge < -0.3 is 20.3 Å². The van der Waals surface area contributed by atoms with Crippen molar-refractivity contribution in [2.24, 2.45) is 7.05 Å². The van der Waals surface area contributed by atoms with Crippen LogP contribution in [0.1, 0.15) is 13.8 Å². The van der Waals surface area contributed by atoms with E-state index in [-0.39, 0.29) is 0 Å². The van der Waals surface area contributed by atoms with E-state index in [1.165, 1.54) is 0 Å². The summed E-state index contributed by atoms with van der Waals surface area (Å²) in [7, 11) is 3.53. The highest BCUT2D eigenvalue weighted by atomic mass is 16.5. The average molecular weight is 369 g/mol. The van der Waals surface area contributed by atoms with Crippen molar-refractivity contribution in [3.63, 3.8) is 0 Å². The van der Waals surface area contributed by atoms with E-state index < -0.39 is 0 Å². The fourth-order valence-electron chi connectivity index (χ4n) is 2.90. The minimum atomic E-state index is 0.587. The Morgan fingerprint density at radius 1 is 1.19 bits per heavy atom. The molecule has 27 heavy (non-hydrogen) atoms. The molecule has 0 saturated heterocycles. The summed E-state index contributed by atoms with van der Waals surface area (Å²) in [6, 6.07) is 7.75. The van der Waals surface area contributed by atoms with Crippen molar-refractivity contribution in [1.82, 2.24) is 24.6 Å². The molecule has 0 aliphatic rings. The van der Waals surface area contributed by atoms with Gasteiger partial charge in [0.2, 0.25) is 5.95 Å². The van der Waals surface area contributed by atoms with Crippen molar-refractivity contribution in [2.75, 3.05) is 43.9 Å². The van der Waals surface area contributed by atoms with E-state index in [1.54, 1.807) is 18.0 Å². The van der Waals surface area contributed by atoms with Gasteiger partial charge in [-0.25, -0.2) is 0 Å². The third-order valence-corrected chi connectivity index (χ3v) is 4.53. The topological polar surface area (TPSA) is 80.1 Å². The number of methoxy groups -OCH3 is 1. The molecule has 0 bridgehead atoms. The van der Waals surface area contributed by atoms with Crippen molar-refractivity contribution in [1.29, 1.82) is 0 Å². The molecular formula is C19H27N7O. The number of nitrogens with one attached hydrogen (secondary N) is 2. The molecule has 2 aromatic heterocycles. The molecule has 144 valence electrons. The highest BCUT2D eigenvalue weighted by Crippen LogP contribution is 2.26. The van der Waals surface area contributed by atoms with Crippen LogP contribution in [0, 0.1) is 0 Å². The standard InChI is InChI=1S/C19H27N7O/c1-5-26(6-2)11-10-20-19-23-17(16-13-21-25(3)18(16)24-19)22-14-8-7-9-15(12-14)27-4/h7-9,12-13H,5-6,10-11H2,1-4H3,(H2,20,22,23,24). The van der Waals surface area contributed by atoms with Crippen LogP contribution in [0.3, 0.4) is 0 Å². The molecule has 0 amide bonds. The molecule has 0 radical (unpaired) electrons. The number of anilines is 3. The Balaban J connectivity index is 1.84. The lowest BCUT2D eigenvalue weighted by Gasteiger charge is -2.18. The molecule has 1 aromatic carbocycles. The highest BCUT2D eigenvalue weighted by Gasteiger charge is 2.12. The SMILES string of the molecule is CCN(CC)CCNc1nc(Nc2cccc(OC)c2)c2cnn(C)c2n1. The van der Waals surface area contributed by atoms with Crippen LogP contribution in [0.4, 0.5) is 17.5 Å². The van der Waals surface area contributed by atoms with Gasteiger partial charge >= 0.3 is 0 Å². The molecule has 2 N–H and O–H groups in total. The average Bonchev–Trinajstić information content (AvgIpc) is 3.07. The first-order valence-corrected chi connectivity index (χ1v) is 9.21. The molecular weight excluding hydrogens is 342 g/mol. The molecule has 0 spiro atoms. The monoisotopic (exact) mass is 369 g/mol. The van der Waals surface area contributed by atoms with E-state index in [1.807, 2.05) is 31.3 Å². The third kappa shape index (κ3) is 4.46. The van der Waals surface area contributed by atoms with Gasteiger partial charge in [-0.3, -0.25) is 4.68 Å². The van der Waals surface area contributed by atoms with Gasteiger partial charge in [-0.15, -0.1) is 0 Å². The number of hydrogen-bond donors (Lipinski definition) is 2. The molecule has 0 aliphatic heterocycles. The lowest BCUT2D eigenvalue weighted by molar-refractivity contribution is 0.316. The summed E-state index contributed by atoms with van der Waals surface area (Å²) < 4.78 is 7.05. The van der Waals surface area contributed by atoms with Crippen molar-refractivity contribution in [3.05, 3.63) is 30.5 Å². The third-order valence-electron chi connectivity index (χ3n) is 4.53. The van der Waals surface area contributed by atoms with Gasteiger partial charge in [0.1, 0.15) is 11.6 Å². The van der Waals surface area contributed by atoms with Crippen LogP contribution in [-0.2, 0) is 7.05 Å². The fraction of sp³-hybridized carbons (Fsp3) is 0.421. The summed E-state index contributed by atoms with van der Waals surface area (Å²) in [5, 5.41) is 11.9. The number of hydrogen-bond acceptors (Lipinski definition) is 7. The molecule has 8 nitrogen and oxygen atoms in total. The Labute approximate surface area is 159 Å². The van der Waals surface area contributed by atoms with Crippen molar-refractivity contribution < 1.29 is 4.74 Å². The first-order valence-electron chi connectivity index (χ1n) is 9.21. The van der Waals surface area contributed by atoms with Crippen LogP contribution in [0.2, 0.25) is 0 Å². The zero-order valence-electron chi connectivity index (χ0n) is 16.4. The maximum atomic E-state index is 5.30. The summed E-state index contributed by atoms with van der Waals surface area (Å²) in [6.45, 7) is 8.11. The predicted octanol–water partition coefficient (Wildman–Crippen LogP) is 2.87. The van der Waals surface area contributed by atoms with Crippen LogP contribution in [0.5, 0.6) is 5.75 Å². The van der Waals surface area contributed by atoms with Gasteiger partial charge in [-0.1, -0.05) is 19.9 Å². The van der Waals surface area contributed by atoms with Crippen molar-refractivity contribution in [3.8, 4) is 5.75 Å². The van der Waals surface area contributed by atoms with Crippen LogP contribution in [0.25, 0.3) is 11.0 Å². The molecule has 0 unspecified atom stereocenters. The van der Waals surface area contributed by atoms with Gasteiger partial charge in [0.25, 0.3) is 0 Å². The number of benzene rings is 1. The lowest BCUT2D eigenvalue weighted by atomic mass is 10.3. The maximum absolute atomic E-state index is 5.30. The molecule has 8 heteroatoms. The highest BCUT2D eigenvalue weighted by molar-refractivity contribution is 5.89. The lowest BCUT2D eigenvalue weighted by Crippen LogP contribution is -2.29. The largest absolute Gasteiger partial charge is 0.497 e. The minimum Gasteiger partial charge on any atom is -0.497 e. The molecule has 3 rings (SSSR count). The van der Waals surface area contributed by atoms with Crippen LogP contribution in [-0.4, -0.2) is 57.9 Å². The van der Waals surface area contributed by atoms with E-state index in [9.17, 15) is 0 Å². The molecule has 3 aromatic rings. The number of rotatable bonds is 9. The number of ether oxygens (including phenoxy) is 1. The van der Waals surface area contributed by atoms with Crippen LogP contribution in [0.15, 0.2) is 30.5 Å². The maximum Gasteiger partial charge on any atom is 0.226 e. The number of aromatic nitrogens is 4. The van der Waals surface area contributed by atoms with Crippen LogP contribution >= 0.6 is 0 Å². The van der Waals surface area contributed by atoms with Gasteiger partial charge in [0.05, 0.1) is 18.7 Å². The Morgan fingerprint density at radius 2 is 2.00 bits per heavy atom. The smallest absolute Gasteiger partial charge is 0.226 e. The molecule has 0 saturated carbocycles. The quantitative estimate of drug-likeness (QED) is 0.600. The number of fused-ring (bicyclic) bond motifs is 1. The summed E-state index contributed by atoms with van der Waals surface area (Å²) in [4.78, 5) is 11.6. The summed E-state index contributed by atoms with van der Waals surface area (Å²) in [5.41, 5.74) is 1.67. The first-order chi connectivity index (χ1) is 13.1.